The lowest BCUT2D eigenvalue weighted by Gasteiger charge is -2.04. The quantitative estimate of drug-likeness (QED) is 0.465. The van der Waals surface area contributed by atoms with Gasteiger partial charge < -0.3 is 9.72 Å². The first kappa shape index (κ1) is 17.3. The summed E-state index contributed by atoms with van der Waals surface area (Å²) in [6, 6.07) is 5.24. The number of carbonyl (C=O) groups excluding carboxylic acids is 3. The van der Waals surface area contributed by atoms with Crippen molar-refractivity contribution in [2.24, 2.45) is 0 Å². The molecule has 25 heavy (non-hydrogen) atoms. The number of hydrogen-bond donors (Lipinski definition) is 2. The molecule has 7 heteroatoms. The topological polar surface area (TPSA) is 88.3 Å². The van der Waals surface area contributed by atoms with E-state index in [1.54, 1.807) is 30.5 Å². The molecule has 130 valence electrons. The molecule has 0 atom stereocenters. The van der Waals surface area contributed by atoms with E-state index in [0.29, 0.717) is 17.1 Å². The van der Waals surface area contributed by atoms with Crippen molar-refractivity contribution in [2.45, 2.75) is 26.2 Å². The van der Waals surface area contributed by atoms with Crippen molar-refractivity contribution in [3.05, 3.63) is 40.4 Å². The number of imide groups is 1. The monoisotopic (exact) mass is 358 g/mol. The van der Waals surface area contributed by atoms with Gasteiger partial charge in [-0.25, -0.2) is 4.79 Å². The number of carbonyl (C=O) groups is 3. The molecule has 0 radical (unpaired) electrons. The molecule has 0 saturated carbocycles. The third-order valence-electron chi connectivity index (χ3n) is 3.86. The van der Waals surface area contributed by atoms with Crippen LogP contribution in [-0.4, -0.2) is 28.7 Å². The van der Waals surface area contributed by atoms with Crippen molar-refractivity contribution in [1.82, 2.24) is 10.3 Å². The molecule has 3 rings (SSSR count). The van der Waals surface area contributed by atoms with Crippen LogP contribution < -0.4 is 5.32 Å². The van der Waals surface area contributed by atoms with E-state index in [2.05, 4.69) is 17.2 Å². The number of fused-ring (bicyclic) bond motifs is 1. The lowest BCUT2D eigenvalue weighted by atomic mass is 10.1. The second-order valence-electron chi connectivity index (χ2n) is 5.70. The van der Waals surface area contributed by atoms with Gasteiger partial charge in [-0.15, -0.1) is 0 Å². The van der Waals surface area contributed by atoms with Crippen molar-refractivity contribution in [1.29, 1.82) is 0 Å². The van der Waals surface area contributed by atoms with Gasteiger partial charge >= 0.3 is 5.97 Å². The molecule has 2 aromatic rings. The van der Waals surface area contributed by atoms with Crippen LogP contribution in [0.3, 0.4) is 0 Å². The molecule has 1 aromatic heterocycles. The number of aromatic amines is 1. The number of rotatable bonds is 6. The van der Waals surface area contributed by atoms with Crippen molar-refractivity contribution >= 4 is 45.9 Å². The van der Waals surface area contributed by atoms with Crippen LogP contribution in [-0.2, 0) is 9.53 Å². The zero-order valence-electron chi connectivity index (χ0n) is 13.8. The molecule has 0 unspecified atom stereocenters. The van der Waals surface area contributed by atoms with Crippen molar-refractivity contribution < 1.29 is 19.1 Å². The van der Waals surface area contributed by atoms with Crippen LogP contribution in [0.1, 0.15) is 42.1 Å². The third-order valence-corrected chi connectivity index (χ3v) is 4.67. The minimum Gasteiger partial charge on any atom is -0.462 e. The van der Waals surface area contributed by atoms with Crippen molar-refractivity contribution in [3.8, 4) is 0 Å². The maximum absolute atomic E-state index is 12.1. The molecule has 2 N–H and O–H groups in total. The largest absolute Gasteiger partial charge is 0.462 e. The Labute approximate surface area is 149 Å². The van der Waals surface area contributed by atoms with E-state index in [-0.39, 0.29) is 11.2 Å². The Morgan fingerprint density at radius 2 is 2.12 bits per heavy atom. The molecule has 6 nitrogen and oxygen atoms in total. The van der Waals surface area contributed by atoms with Gasteiger partial charge in [-0.1, -0.05) is 25.8 Å². The summed E-state index contributed by atoms with van der Waals surface area (Å²) in [6.45, 7) is 2.52. The average Bonchev–Trinajstić information content (AvgIpc) is 3.14. The molecule has 1 aliphatic heterocycles. The van der Waals surface area contributed by atoms with Crippen LogP contribution in [0.2, 0.25) is 0 Å². The van der Waals surface area contributed by atoms with Gasteiger partial charge in [0.15, 0.2) is 0 Å². The van der Waals surface area contributed by atoms with Gasteiger partial charge in [0.05, 0.1) is 17.1 Å². The Morgan fingerprint density at radius 1 is 1.28 bits per heavy atom. The molecule has 0 aliphatic carbocycles. The van der Waals surface area contributed by atoms with E-state index in [1.165, 1.54) is 0 Å². The van der Waals surface area contributed by atoms with Crippen LogP contribution in [0, 0.1) is 0 Å². The molecule has 2 heterocycles. The SMILES string of the molecule is CCCCCOC(=O)c1ccc2c(/C=C3/SC(=O)NC3=O)c[nH]c2c1. The minimum atomic E-state index is -0.392. The Bertz CT molecular complexity index is 869. The van der Waals surface area contributed by atoms with Gasteiger partial charge in [0.2, 0.25) is 0 Å². The van der Waals surface area contributed by atoms with E-state index in [9.17, 15) is 14.4 Å². The minimum absolute atomic E-state index is 0.344. The van der Waals surface area contributed by atoms with Gasteiger partial charge in [-0.3, -0.25) is 14.9 Å². The maximum Gasteiger partial charge on any atom is 0.338 e. The lowest BCUT2D eigenvalue weighted by molar-refractivity contribution is -0.115. The summed E-state index contributed by atoms with van der Waals surface area (Å²) >= 11 is 0.875. The maximum atomic E-state index is 12.1. The van der Waals surface area contributed by atoms with E-state index in [1.807, 2.05) is 0 Å². The summed E-state index contributed by atoms with van der Waals surface area (Å²) in [5, 5.41) is 2.72. The highest BCUT2D eigenvalue weighted by atomic mass is 32.2. The van der Waals surface area contributed by atoms with E-state index < -0.39 is 5.91 Å². The summed E-state index contributed by atoms with van der Waals surface area (Å²) in [5.74, 6) is -0.736. The average molecular weight is 358 g/mol. The molecule has 2 amide bonds. The zero-order valence-corrected chi connectivity index (χ0v) is 14.6. The number of thioether (sulfide) groups is 1. The number of aromatic nitrogens is 1. The van der Waals surface area contributed by atoms with Gasteiger partial charge in [-0.05, 0) is 36.4 Å². The lowest BCUT2D eigenvalue weighted by Crippen LogP contribution is -2.17. The Kier molecular flexibility index (Phi) is 5.23. The fourth-order valence-electron chi connectivity index (χ4n) is 2.56. The molecule has 1 saturated heterocycles. The van der Waals surface area contributed by atoms with Crippen molar-refractivity contribution in [3.63, 3.8) is 0 Å². The Morgan fingerprint density at radius 3 is 2.84 bits per heavy atom. The number of amides is 2. The summed E-state index contributed by atoms with van der Waals surface area (Å²) in [5.41, 5.74) is 2.03. The summed E-state index contributed by atoms with van der Waals surface area (Å²) in [4.78, 5) is 38.4. The number of unbranched alkanes of at least 4 members (excludes halogenated alkanes) is 2. The van der Waals surface area contributed by atoms with Crippen LogP contribution in [0.25, 0.3) is 17.0 Å². The third kappa shape index (κ3) is 3.93. The summed E-state index contributed by atoms with van der Waals surface area (Å²) in [7, 11) is 0. The first-order valence-corrected chi connectivity index (χ1v) is 8.93. The zero-order chi connectivity index (χ0) is 17.8. The van der Waals surface area contributed by atoms with Gasteiger partial charge in [0.25, 0.3) is 11.1 Å². The molecule has 0 spiro atoms. The highest BCUT2D eigenvalue weighted by Gasteiger charge is 2.25. The molecular weight excluding hydrogens is 340 g/mol. The van der Waals surface area contributed by atoms with Crippen LogP contribution >= 0.6 is 11.8 Å². The van der Waals surface area contributed by atoms with Gasteiger partial charge in [-0.2, -0.15) is 0 Å². The van der Waals surface area contributed by atoms with Crippen LogP contribution in [0.4, 0.5) is 4.79 Å². The molecule has 1 fully saturated rings. The number of nitrogens with one attached hydrogen (secondary N) is 2. The van der Waals surface area contributed by atoms with E-state index in [0.717, 1.165) is 47.5 Å². The summed E-state index contributed by atoms with van der Waals surface area (Å²) < 4.78 is 5.26. The fourth-order valence-corrected chi connectivity index (χ4v) is 3.23. The Hall–Kier alpha value is -2.54. The normalized spacial score (nSPS) is 15.8. The number of H-pyrrole nitrogens is 1. The molecular formula is C18H18N2O4S. The Balaban J connectivity index is 1.77. The smallest absolute Gasteiger partial charge is 0.338 e. The highest BCUT2D eigenvalue weighted by molar-refractivity contribution is 8.18. The molecule has 0 bridgehead atoms. The van der Waals surface area contributed by atoms with Crippen LogP contribution in [0.5, 0.6) is 0 Å². The van der Waals surface area contributed by atoms with Gasteiger partial charge in [0.1, 0.15) is 0 Å². The summed E-state index contributed by atoms with van der Waals surface area (Å²) in [6.07, 6.45) is 6.38. The second-order valence-corrected chi connectivity index (χ2v) is 6.71. The van der Waals surface area contributed by atoms with E-state index >= 15 is 0 Å². The molecule has 1 aliphatic rings. The number of ether oxygens (including phenoxy) is 1. The predicted octanol–water partition coefficient (Wildman–Crippen LogP) is 3.84. The first-order valence-electron chi connectivity index (χ1n) is 8.11. The fraction of sp³-hybridized carbons (Fsp3) is 0.278. The van der Waals surface area contributed by atoms with Crippen LogP contribution in [0.15, 0.2) is 29.3 Å². The second kappa shape index (κ2) is 7.57. The van der Waals surface area contributed by atoms with E-state index in [4.69, 9.17) is 4.74 Å². The molecule has 1 aromatic carbocycles. The highest BCUT2D eigenvalue weighted by Crippen LogP contribution is 2.28. The standard InChI is InChI=1S/C18H18N2O4S/c1-2-3-4-7-24-17(22)11-5-6-13-12(10-19-14(13)8-11)9-15-16(21)20-18(23)25-15/h5-6,8-10,19H,2-4,7H2,1H3,(H,20,21,23)/b15-9+. The first-order chi connectivity index (χ1) is 12.1. The number of hydrogen-bond acceptors (Lipinski definition) is 5. The predicted molar refractivity (Wildman–Crippen MR) is 97.2 cm³/mol. The number of esters is 1. The number of benzene rings is 1. The van der Waals surface area contributed by atoms with Crippen molar-refractivity contribution in [2.75, 3.05) is 6.61 Å². The van der Waals surface area contributed by atoms with Gasteiger partial charge in [0, 0.05) is 22.7 Å².